The summed E-state index contributed by atoms with van der Waals surface area (Å²) in [6, 6.07) is 0. The minimum Gasteiger partial charge on any atom is -0.314 e. The summed E-state index contributed by atoms with van der Waals surface area (Å²) in [5.74, 6) is 0. The van der Waals surface area contributed by atoms with Gasteiger partial charge in [0.25, 0.3) is 0 Å². The molecule has 0 radical (unpaired) electrons. The highest BCUT2D eigenvalue weighted by atomic mass is 35.5. The predicted molar refractivity (Wildman–Crippen MR) is 54.7 cm³/mol. The second-order valence-electron chi connectivity index (χ2n) is 1.50. The lowest BCUT2D eigenvalue weighted by molar-refractivity contribution is 0.534. The Balaban J connectivity index is -0.0000000450. The van der Waals surface area contributed by atoms with E-state index in [1.165, 1.54) is 0 Å². The predicted octanol–water partition coefficient (Wildman–Crippen LogP) is 0.866. The van der Waals surface area contributed by atoms with Gasteiger partial charge in [-0.1, -0.05) is 0 Å². The van der Waals surface area contributed by atoms with Crippen molar-refractivity contribution >= 4 is 49.6 Å². The van der Waals surface area contributed by atoms with Crippen molar-refractivity contribution in [2.45, 2.75) is 0 Å². The maximum Gasteiger partial charge on any atom is 0.00772 e. The molecule has 6 heteroatoms. The van der Waals surface area contributed by atoms with E-state index in [1.54, 1.807) is 0 Å². The van der Waals surface area contributed by atoms with Gasteiger partial charge in [-0.2, -0.15) is 0 Å². The monoisotopic (exact) mass is 230 g/mol. The average Bonchev–Trinajstić information content (AvgIpc) is 1.72. The molecule has 1 fully saturated rings. The molecule has 0 amide bonds. The molecule has 1 heterocycles. The van der Waals surface area contributed by atoms with Crippen LogP contribution in [0.25, 0.3) is 0 Å². The van der Waals surface area contributed by atoms with Crippen molar-refractivity contribution in [3.05, 3.63) is 0 Å². The summed E-state index contributed by atoms with van der Waals surface area (Å²) in [5, 5.41) is 6.44. The molecule has 10 heavy (non-hydrogen) atoms. The minimum absolute atomic E-state index is 0. The summed E-state index contributed by atoms with van der Waals surface area (Å²) >= 11 is 0. The lowest BCUT2D eigenvalue weighted by Gasteiger charge is -2.11. The van der Waals surface area contributed by atoms with E-state index in [4.69, 9.17) is 0 Å². The Kier molecular flexibility index (Phi) is 37.2. The smallest absolute Gasteiger partial charge is 0.00772 e. The Bertz CT molecular complexity index is 30.7. The first-order valence-corrected chi connectivity index (χ1v) is 2.41. The fourth-order valence-electron chi connectivity index (χ4n) is 0.604. The van der Waals surface area contributed by atoms with E-state index in [9.17, 15) is 0 Å². The number of hydrogen-bond donors (Lipinski definition) is 2. The van der Waals surface area contributed by atoms with Gasteiger partial charge in [-0.05, 0) is 0 Å². The van der Waals surface area contributed by atoms with E-state index in [0.29, 0.717) is 0 Å². The Labute approximate surface area is 86.5 Å². The number of halogens is 4. The van der Waals surface area contributed by atoms with E-state index >= 15 is 0 Å². The molecule has 1 aliphatic rings. The van der Waals surface area contributed by atoms with Crippen molar-refractivity contribution in [1.29, 1.82) is 0 Å². The summed E-state index contributed by atoms with van der Waals surface area (Å²) in [6.45, 7) is 4.56. The molecule has 0 aromatic rings. The van der Waals surface area contributed by atoms with Crippen molar-refractivity contribution in [2.24, 2.45) is 0 Å². The maximum absolute atomic E-state index is 3.22. The fraction of sp³-hybridized carbons (Fsp3) is 1.00. The van der Waals surface area contributed by atoms with Crippen LogP contribution >= 0.6 is 49.6 Å². The highest BCUT2D eigenvalue weighted by Gasteiger charge is 1.91. The highest BCUT2D eigenvalue weighted by Crippen LogP contribution is 1.65. The number of rotatable bonds is 0. The molecule has 0 aromatic heterocycles. The standard InChI is InChI=1S/C4H10N2.4ClH/c1-2-6-4-3-5-1;;;;/h5-6H,1-4H2;4*1H. The quantitative estimate of drug-likeness (QED) is 0.647. The van der Waals surface area contributed by atoms with Gasteiger partial charge in [0.2, 0.25) is 0 Å². The van der Waals surface area contributed by atoms with Crippen LogP contribution in [-0.2, 0) is 0 Å². The van der Waals surface area contributed by atoms with Gasteiger partial charge >= 0.3 is 0 Å². The average molecular weight is 232 g/mol. The van der Waals surface area contributed by atoms with Crippen LogP contribution in [-0.4, -0.2) is 26.2 Å². The first-order chi connectivity index (χ1) is 3.00. The zero-order chi connectivity index (χ0) is 4.24. The molecule has 0 saturated carbocycles. The highest BCUT2D eigenvalue weighted by molar-refractivity contribution is 5.86. The van der Waals surface area contributed by atoms with Crippen molar-refractivity contribution in [2.75, 3.05) is 26.2 Å². The molecule has 0 atom stereocenters. The second kappa shape index (κ2) is 16.6. The minimum atomic E-state index is 0. The van der Waals surface area contributed by atoms with Crippen molar-refractivity contribution in [1.82, 2.24) is 10.6 Å². The molecule has 68 valence electrons. The molecular formula is C4H14Cl4N2. The summed E-state index contributed by atoms with van der Waals surface area (Å²) in [6.07, 6.45) is 0. The third-order valence-electron chi connectivity index (χ3n) is 0.957. The summed E-state index contributed by atoms with van der Waals surface area (Å²) in [5.41, 5.74) is 0. The van der Waals surface area contributed by atoms with Gasteiger partial charge in [0.15, 0.2) is 0 Å². The van der Waals surface area contributed by atoms with Crippen LogP contribution in [0.15, 0.2) is 0 Å². The lowest BCUT2D eigenvalue weighted by Crippen LogP contribution is -2.39. The van der Waals surface area contributed by atoms with Crippen LogP contribution in [0.2, 0.25) is 0 Å². The van der Waals surface area contributed by atoms with E-state index in [-0.39, 0.29) is 49.6 Å². The zero-order valence-corrected chi connectivity index (χ0v) is 8.73. The van der Waals surface area contributed by atoms with E-state index in [1.807, 2.05) is 0 Å². The molecule has 1 aliphatic heterocycles. The van der Waals surface area contributed by atoms with E-state index in [2.05, 4.69) is 10.6 Å². The summed E-state index contributed by atoms with van der Waals surface area (Å²) in [4.78, 5) is 0. The van der Waals surface area contributed by atoms with Crippen molar-refractivity contribution < 1.29 is 0 Å². The van der Waals surface area contributed by atoms with Gasteiger partial charge in [-0.25, -0.2) is 0 Å². The topological polar surface area (TPSA) is 24.1 Å². The third-order valence-corrected chi connectivity index (χ3v) is 0.957. The van der Waals surface area contributed by atoms with Gasteiger partial charge in [0.05, 0.1) is 0 Å². The zero-order valence-electron chi connectivity index (χ0n) is 5.46. The van der Waals surface area contributed by atoms with Gasteiger partial charge in [0.1, 0.15) is 0 Å². The van der Waals surface area contributed by atoms with Gasteiger partial charge in [0, 0.05) is 26.2 Å². The third kappa shape index (κ3) is 11.8. The largest absolute Gasteiger partial charge is 0.314 e. The van der Waals surface area contributed by atoms with Crippen LogP contribution in [0, 0.1) is 0 Å². The molecule has 1 rings (SSSR count). The Morgan fingerprint density at radius 2 is 0.700 bits per heavy atom. The van der Waals surface area contributed by atoms with Crippen molar-refractivity contribution in [3.8, 4) is 0 Å². The SMILES string of the molecule is C1CNCCN1.Cl.Cl.Cl.Cl. The van der Waals surface area contributed by atoms with Gasteiger partial charge < -0.3 is 10.6 Å². The van der Waals surface area contributed by atoms with Gasteiger partial charge in [-0.15, -0.1) is 49.6 Å². The van der Waals surface area contributed by atoms with Crippen LogP contribution < -0.4 is 10.6 Å². The molecule has 2 N–H and O–H groups in total. The van der Waals surface area contributed by atoms with Crippen LogP contribution in [0.4, 0.5) is 0 Å². The molecule has 0 bridgehead atoms. The van der Waals surface area contributed by atoms with Gasteiger partial charge in [-0.3, -0.25) is 0 Å². The number of nitrogens with one attached hydrogen (secondary N) is 2. The molecule has 0 aliphatic carbocycles. The van der Waals surface area contributed by atoms with Crippen LogP contribution in [0.3, 0.4) is 0 Å². The Morgan fingerprint density at radius 3 is 0.800 bits per heavy atom. The molecule has 0 unspecified atom stereocenters. The van der Waals surface area contributed by atoms with Crippen molar-refractivity contribution in [3.63, 3.8) is 0 Å². The van der Waals surface area contributed by atoms with E-state index in [0.717, 1.165) is 26.2 Å². The second-order valence-corrected chi connectivity index (χ2v) is 1.50. The van der Waals surface area contributed by atoms with Crippen LogP contribution in [0.5, 0.6) is 0 Å². The first kappa shape index (κ1) is 22.5. The molecule has 1 saturated heterocycles. The molecule has 2 nitrogen and oxygen atoms in total. The maximum atomic E-state index is 3.22. The number of hydrogen-bond acceptors (Lipinski definition) is 2. The fourth-order valence-corrected chi connectivity index (χ4v) is 0.604. The first-order valence-electron chi connectivity index (χ1n) is 2.41. The summed E-state index contributed by atoms with van der Waals surface area (Å²) < 4.78 is 0. The summed E-state index contributed by atoms with van der Waals surface area (Å²) in [7, 11) is 0. The normalized spacial score (nSPS) is 14.4. The number of piperazine rings is 1. The Hall–Kier alpha value is 1.08. The lowest BCUT2D eigenvalue weighted by atomic mass is 10.4. The Morgan fingerprint density at radius 1 is 0.500 bits per heavy atom. The molecular weight excluding hydrogens is 218 g/mol. The molecule has 0 spiro atoms. The van der Waals surface area contributed by atoms with Crippen LogP contribution in [0.1, 0.15) is 0 Å². The molecule has 0 aromatic carbocycles. The van der Waals surface area contributed by atoms with E-state index < -0.39 is 0 Å².